The van der Waals surface area contributed by atoms with Crippen molar-refractivity contribution in [2.45, 2.75) is 13.8 Å². The zero-order chi connectivity index (χ0) is 13.1. The van der Waals surface area contributed by atoms with Gasteiger partial charge in [0.15, 0.2) is 0 Å². The molecule has 0 spiro atoms. The Kier molecular flexibility index (Phi) is 3.58. The zero-order valence-electron chi connectivity index (χ0n) is 10.2. The van der Waals surface area contributed by atoms with Crippen molar-refractivity contribution in [2.75, 3.05) is 0 Å². The molecule has 2 rings (SSSR count). The van der Waals surface area contributed by atoms with E-state index in [0.29, 0.717) is 11.4 Å². The monoisotopic (exact) mass is 259 g/mol. The molecule has 0 radical (unpaired) electrons. The highest BCUT2D eigenvalue weighted by Crippen LogP contribution is 2.18. The van der Waals surface area contributed by atoms with Crippen molar-refractivity contribution in [1.82, 2.24) is 4.98 Å². The minimum absolute atomic E-state index is 0.268. The molecule has 92 valence electrons. The van der Waals surface area contributed by atoms with E-state index in [2.05, 4.69) is 18.0 Å². The van der Waals surface area contributed by atoms with Crippen LogP contribution in [0.1, 0.15) is 31.5 Å². The molecule has 0 aliphatic heterocycles. The van der Waals surface area contributed by atoms with Crippen molar-refractivity contribution in [2.24, 2.45) is 0 Å². The first-order valence-corrected chi connectivity index (χ1v) is 6.33. The number of nitrogens with zero attached hydrogens (tertiary/aromatic N) is 1. The normalized spacial score (nSPS) is 11.0. The first kappa shape index (κ1) is 12.5. The first-order valence-electron chi connectivity index (χ1n) is 5.51. The van der Waals surface area contributed by atoms with Gasteiger partial charge in [-0.2, -0.15) is 0 Å². The van der Waals surface area contributed by atoms with Crippen LogP contribution < -0.4 is 0 Å². The van der Waals surface area contributed by atoms with E-state index in [9.17, 15) is 4.79 Å². The molecule has 0 aliphatic rings. The fraction of sp³-hybridized carbons (Fsp3) is 0.143. The Bertz CT molecular complexity index is 614. The van der Waals surface area contributed by atoms with Crippen molar-refractivity contribution in [3.05, 3.63) is 51.0 Å². The average molecular weight is 259 g/mol. The number of carboxylic acid groups (broad SMARTS) is 1. The Morgan fingerprint density at radius 2 is 2.06 bits per heavy atom. The average Bonchev–Trinajstić information content (AvgIpc) is 2.72. The highest BCUT2D eigenvalue weighted by atomic mass is 32.1. The Morgan fingerprint density at radius 3 is 2.67 bits per heavy atom. The molecule has 0 atom stereocenters. The maximum absolute atomic E-state index is 10.9. The third kappa shape index (κ3) is 3.05. The lowest BCUT2D eigenvalue weighted by Gasteiger charge is -1.99. The van der Waals surface area contributed by atoms with Crippen LogP contribution in [0.4, 0.5) is 0 Å². The van der Waals surface area contributed by atoms with E-state index in [0.717, 1.165) is 4.88 Å². The van der Waals surface area contributed by atoms with E-state index in [1.807, 2.05) is 18.2 Å². The van der Waals surface area contributed by atoms with Crippen molar-refractivity contribution >= 4 is 29.5 Å². The highest BCUT2D eigenvalue weighted by molar-refractivity contribution is 7.12. The summed E-state index contributed by atoms with van der Waals surface area (Å²) < 4.78 is 0. The number of aromatic nitrogens is 1. The Morgan fingerprint density at radius 1 is 1.28 bits per heavy atom. The first-order chi connectivity index (χ1) is 8.54. The molecular weight excluding hydrogens is 246 g/mol. The molecular formula is C14H13NO2S. The number of pyridine rings is 1. The lowest BCUT2D eigenvalue weighted by Crippen LogP contribution is -1.99. The second kappa shape index (κ2) is 5.14. The van der Waals surface area contributed by atoms with E-state index in [-0.39, 0.29) is 5.56 Å². The third-order valence-electron chi connectivity index (χ3n) is 2.40. The van der Waals surface area contributed by atoms with Crippen LogP contribution in [0.15, 0.2) is 24.3 Å². The van der Waals surface area contributed by atoms with Crippen molar-refractivity contribution in [1.29, 1.82) is 0 Å². The summed E-state index contributed by atoms with van der Waals surface area (Å²) in [4.78, 5) is 17.6. The molecule has 0 unspecified atom stereocenters. The van der Waals surface area contributed by atoms with Crippen LogP contribution in [0, 0.1) is 13.8 Å². The lowest BCUT2D eigenvalue weighted by molar-refractivity contribution is 0.0696. The van der Waals surface area contributed by atoms with E-state index in [1.54, 1.807) is 30.4 Å². The van der Waals surface area contributed by atoms with Gasteiger partial charge in [0, 0.05) is 15.4 Å². The van der Waals surface area contributed by atoms with Gasteiger partial charge in [0.25, 0.3) is 0 Å². The number of carbonyl (C=O) groups is 1. The molecule has 4 heteroatoms. The van der Waals surface area contributed by atoms with Crippen LogP contribution in [0.2, 0.25) is 0 Å². The van der Waals surface area contributed by atoms with Gasteiger partial charge in [-0.15, -0.1) is 11.3 Å². The Labute approximate surface area is 109 Å². The van der Waals surface area contributed by atoms with Gasteiger partial charge in [0.1, 0.15) is 0 Å². The lowest BCUT2D eigenvalue weighted by atomic mass is 10.2. The third-order valence-corrected chi connectivity index (χ3v) is 3.37. The van der Waals surface area contributed by atoms with Gasteiger partial charge in [0.2, 0.25) is 0 Å². The van der Waals surface area contributed by atoms with Crippen molar-refractivity contribution in [3.63, 3.8) is 0 Å². The fourth-order valence-electron chi connectivity index (χ4n) is 1.61. The van der Waals surface area contributed by atoms with Crippen LogP contribution in [0.5, 0.6) is 0 Å². The van der Waals surface area contributed by atoms with Crippen molar-refractivity contribution < 1.29 is 9.90 Å². The predicted molar refractivity (Wildman–Crippen MR) is 73.9 cm³/mol. The SMILES string of the molecule is Cc1cc(C(=O)O)cc(/C=C/c2ccc(C)s2)n1. The van der Waals surface area contributed by atoms with Gasteiger partial charge < -0.3 is 5.11 Å². The van der Waals surface area contributed by atoms with Crippen molar-refractivity contribution in [3.8, 4) is 0 Å². The number of hydrogen-bond donors (Lipinski definition) is 1. The molecule has 0 saturated carbocycles. The zero-order valence-corrected chi connectivity index (χ0v) is 11.0. The molecule has 0 bridgehead atoms. The largest absolute Gasteiger partial charge is 0.478 e. The number of aromatic carboxylic acids is 1. The van der Waals surface area contributed by atoms with E-state index < -0.39 is 5.97 Å². The summed E-state index contributed by atoms with van der Waals surface area (Å²) in [7, 11) is 0. The van der Waals surface area contributed by atoms with Gasteiger partial charge in [0.05, 0.1) is 11.3 Å². The van der Waals surface area contributed by atoms with Gasteiger partial charge >= 0.3 is 5.97 Å². The van der Waals surface area contributed by atoms with Gasteiger partial charge in [-0.3, -0.25) is 4.98 Å². The van der Waals surface area contributed by atoms with Crippen LogP contribution in [0.3, 0.4) is 0 Å². The Hall–Kier alpha value is -1.94. The Balaban J connectivity index is 2.28. The van der Waals surface area contributed by atoms with E-state index in [1.165, 1.54) is 4.88 Å². The molecule has 3 nitrogen and oxygen atoms in total. The number of carboxylic acids is 1. The van der Waals surface area contributed by atoms with E-state index in [4.69, 9.17) is 5.11 Å². The summed E-state index contributed by atoms with van der Waals surface area (Å²) in [6.45, 7) is 3.84. The van der Waals surface area contributed by atoms with Crippen LogP contribution in [0.25, 0.3) is 12.2 Å². The number of rotatable bonds is 3. The van der Waals surface area contributed by atoms with Gasteiger partial charge in [-0.25, -0.2) is 4.79 Å². The second-order valence-corrected chi connectivity index (χ2v) is 5.33. The van der Waals surface area contributed by atoms with Crippen LogP contribution in [-0.2, 0) is 0 Å². The maximum Gasteiger partial charge on any atom is 0.335 e. The predicted octanol–water partition coefficient (Wildman–Crippen LogP) is 3.63. The highest BCUT2D eigenvalue weighted by Gasteiger charge is 2.04. The van der Waals surface area contributed by atoms with Gasteiger partial charge in [-0.05, 0) is 50.3 Å². The summed E-state index contributed by atoms with van der Waals surface area (Å²) in [5.74, 6) is -0.929. The molecule has 0 aliphatic carbocycles. The number of hydrogen-bond acceptors (Lipinski definition) is 3. The molecule has 18 heavy (non-hydrogen) atoms. The molecule has 2 heterocycles. The molecule has 2 aromatic heterocycles. The minimum atomic E-state index is -0.929. The molecule has 0 aromatic carbocycles. The molecule has 2 aromatic rings. The van der Waals surface area contributed by atoms with Crippen LogP contribution >= 0.6 is 11.3 Å². The molecule has 0 saturated heterocycles. The number of thiophene rings is 1. The standard InChI is InChI=1S/C14H13NO2S/c1-9-7-11(14(16)17)8-12(15-9)4-6-13-5-3-10(2)18-13/h3-8H,1-2H3,(H,16,17)/b6-4+. The topological polar surface area (TPSA) is 50.2 Å². The smallest absolute Gasteiger partial charge is 0.335 e. The molecule has 0 amide bonds. The summed E-state index contributed by atoms with van der Waals surface area (Å²) >= 11 is 1.69. The summed E-state index contributed by atoms with van der Waals surface area (Å²) in [5, 5.41) is 8.97. The second-order valence-electron chi connectivity index (χ2n) is 4.01. The van der Waals surface area contributed by atoms with Crippen LogP contribution in [-0.4, -0.2) is 16.1 Å². The summed E-state index contributed by atoms with van der Waals surface area (Å²) in [6.07, 6.45) is 3.79. The van der Waals surface area contributed by atoms with E-state index >= 15 is 0 Å². The quantitative estimate of drug-likeness (QED) is 0.915. The summed E-state index contributed by atoms with van der Waals surface area (Å²) in [5.41, 5.74) is 1.64. The molecule has 0 fully saturated rings. The summed E-state index contributed by atoms with van der Waals surface area (Å²) in [6, 6.07) is 7.22. The molecule has 1 N–H and O–H groups in total. The van der Waals surface area contributed by atoms with Gasteiger partial charge in [-0.1, -0.05) is 0 Å². The minimum Gasteiger partial charge on any atom is -0.478 e. The fourth-order valence-corrected chi connectivity index (χ4v) is 2.39. The maximum atomic E-state index is 10.9. The number of aryl methyl sites for hydroxylation is 2.